The smallest absolute Gasteiger partial charge is 0.308 e. The van der Waals surface area contributed by atoms with E-state index in [0.717, 1.165) is 18.6 Å². The Balaban J connectivity index is 2.04. The van der Waals surface area contributed by atoms with Gasteiger partial charge in [-0.25, -0.2) is 0 Å². The van der Waals surface area contributed by atoms with Gasteiger partial charge in [0.1, 0.15) is 0 Å². The summed E-state index contributed by atoms with van der Waals surface area (Å²) in [6, 6.07) is 0. The molecule has 1 unspecified atom stereocenters. The van der Waals surface area contributed by atoms with Gasteiger partial charge in [0.25, 0.3) is 0 Å². The van der Waals surface area contributed by atoms with Crippen molar-refractivity contribution in [2.45, 2.75) is 30.7 Å². The van der Waals surface area contributed by atoms with Crippen LogP contribution in [0, 0.1) is 0 Å². The molecule has 0 aromatic heterocycles. The molecule has 1 heterocycles. The molecule has 1 fully saturated rings. The first kappa shape index (κ1) is 11.2. The predicted molar refractivity (Wildman–Crippen MR) is 49.0 cm³/mol. The van der Waals surface area contributed by atoms with Crippen molar-refractivity contribution >= 4 is 11.8 Å². The van der Waals surface area contributed by atoms with Gasteiger partial charge in [0.2, 0.25) is 0 Å². The quantitative estimate of drug-likeness (QED) is 0.772. The van der Waals surface area contributed by atoms with E-state index in [1.807, 2.05) is 0 Å². The summed E-state index contributed by atoms with van der Waals surface area (Å²) in [5.41, 5.74) is 0. The van der Waals surface area contributed by atoms with E-state index in [0.29, 0.717) is 11.8 Å². The zero-order valence-corrected chi connectivity index (χ0v) is 8.18. The molecular weight excluding hydrogens is 199 g/mol. The minimum atomic E-state index is -4.07. The molecule has 0 aliphatic carbocycles. The van der Waals surface area contributed by atoms with Crippen LogP contribution in [0.15, 0.2) is 0 Å². The molecule has 5 heteroatoms. The molecule has 78 valence electrons. The molecule has 1 aliphatic rings. The van der Waals surface area contributed by atoms with Crippen molar-refractivity contribution in [2.75, 3.05) is 18.8 Å². The van der Waals surface area contributed by atoms with Crippen LogP contribution in [-0.4, -0.2) is 30.3 Å². The highest BCUT2D eigenvalue weighted by Crippen LogP contribution is 2.24. The van der Waals surface area contributed by atoms with Gasteiger partial charge in [0.05, 0.1) is 6.54 Å². The number of nitrogens with one attached hydrogen (secondary N) is 1. The van der Waals surface area contributed by atoms with E-state index in [9.17, 15) is 13.2 Å². The lowest BCUT2D eigenvalue weighted by molar-refractivity contribution is -0.124. The van der Waals surface area contributed by atoms with Gasteiger partial charge in [-0.05, 0) is 18.6 Å². The SMILES string of the molecule is FC(F)(F)CNCC1CCCCS1. The van der Waals surface area contributed by atoms with Crippen molar-refractivity contribution in [2.24, 2.45) is 0 Å². The molecular formula is C8H14F3NS. The van der Waals surface area contributed by atoms with Crippen molar-refractivity contribution in [3.05, 3.63) is 0 Å². The summed E-state index contributed by atoms with van der Waals surface area (Å²) in [7, 11) is 0. The van der Waals surface area contributed by atoms with Gasteiger partial charge < -0.3 is 5.32 Å². The fourth-order valence-electron chi connectivity index (χ4n) is 1.34. The molecule has 1 aliphatic heterocycles. The lowest BCUT2D eigenvalue weighted by Crippen LogP contribution is -2.34. The highest BCUT2D eigenvalue weighted by Gasteiger charge is 2.26. The van der Waals surface area contributed by atoms with Crippen molar-refractivity contribution in [3.8, 4) is 0 Å². The van der Waals surface area contributed by atoms with Gasteiger partial charge in [-0.15, -0.1) is 0 Å². The number of rotatable bonds is 3. The predicted octanol–water partition coefficient (Wildman–Crippen LogP) is 2.42. The first-order valence-corrected chi connectivity index (χ1v) is 5.52. The van der Waals surface area contributed by atoms with Crippen molar-refractivity contribution < 1.29 is 13.2 Å². The molecule has 1 nitrogen and oxygen atoms in total. The summed E-state index contributed by atoms with van der Waals surface area (Å²) in [6.45, 7) is -0.367. The molecule has 0 radical (unpaired) electrons. The van der Waals surface area contributed by atoms with Crippen LogP contribution in [0.2, 0.25) is 0 Å². The van der Waals surface area contributed by atoms with Crippen molar-refractivity contribution in [3.63, 3.8) is 0 Å². The topological polar surface area (TPSA) is 12.0 Å². The van der Waals surface area contributed by atoms with Crippen molar-refractivity contribution in [1.82, 2.24) is 5.32 Å². The number of halogens is 3. The number of hydrogen-bond acceptors (Lipinski definition) is 2. The molecule has 0 aromatic carbocycles. The molecule has 13 heavy (non-hydrogen) atoms. The molecule has 0 aromatic rings. The van der Waals surface area contributed by atoms with Crippen LogP contribution in [-0.2, 0) is 0 Å². The summed E-state index contributed by atoms with van der Waals surface area (Å²) >= 11 is 1.78. The summed E-state index contributed by atoms with van der Waals surface area (Å²) in [6.07, 6.45) is -0.652. The molecule has 0 saturated carbocycles. The summed E-state index contributed by atoms with van der Waals surface area (Å²) in [5, 5.41) is 2.83. The minimum absolute atomic E-state index is 0.385. The zero-order chi connectivity index (χ0) is 9.73. The third-order valence-electron chi connectivity index (χ3n) is 1.97. The fraction of sp³-hybridized carbons (Fsp3) is 1.00. The summed E-state index contributed by atoms with van der Waals surface area (Å²) in [5.74, 6) is 1.10. The Labute approximate surface area is 80.5 Å². The third kappa shape index (κ3) is 5.41. The average Bonchev–Trinajstić information content (AvgIpc) is 2.04. The van der Waals surface area contributed by atoms with E-state index in [-0.39, 0.29) is 0 Å². The molecule has 0 bridgehead atoms. The molecule has 0 amide bonds. The van der Waals surface area contributed by atoms with Crippen LogP contribution in [0.4, 0.5) is 13.2 Å². The maximum absolute atomic E-state index is 11.7. The van der Waals surface area contributed by atoms with E-state index < -0.39 is 12.7 Å². The molecule has 1 atom stereocenters. The van der Waals surface area contributed by atoms with Crippen LogP contribution >= 0.6 is 11.8 Å². The number of alkyl halides is 3. The Morgan fingerprint density at radius 2 is 2.08 bits per heavy atom. The standard InChI is InChI=1S/C8H14F3NS/c9-8(10,11)6-12-5-7-3-1-2-4-13-7/h7,12H,1-6H2. The van der Waals surface area contributed by atoms with Gasteiger partial charge >= 0.3 is 6.18 Å². The van der Waals surface area contributed by atoms with E-state index in [4.69, 9.17) is 0 Å². The summed E-state index contributed by atoms with van der Waals surface area (Å²) < 4.78 is 35.2. The maximum atomic E-state index is 11.7. The maximum Gasteiger partial charge on any atom is 0.401 e. The lowest BCUT2D eigenvalue weighted by atomic mass is 10.2. The van der Waals surface area contributed by atoms with E-state index in [1.54, 1.807) is 11.8 Å². The fourth-order valence-corrected chi connectivity index (χ4v) is 2.62. The van der Waals surface area contributed by atoms with Crippen LogP contribution in [0.1, 0.15) is 19.3 Å². The van der Waals surface area contributed by atoms with Gasteiger partial charge in [-0.3, -0.25) is 0 Å². The first-order chi connectivity index (χ1) is 6.08. The van der Waals surface area contributed by atoms with E-state index in [2.05, 4.69) is 5.32 Å². The molecule has 1 saturated heterocycles. The summed E-state index contributed by atoms with van der Waals surface area (Å²) in [4.78, 5) is 0. The second-order valence-corrected chi connectivity index (χ2v) is 4.64. The van der Waals surface area contributed by atoms with E-state index in [1.165, 1.54) is 6.42 Å². The Morgan fingerprint density at radius 1 is 1.31 bits per heavy atom. The van der Waals surface area contributed by atoms with Crippen molar-refractivity contribution in [1.29, 1.82) is 0 Å². The number of hydrogen-bond donors (Lipinski definition) is 1. The van der Waals surface area contributed by atoms with Crippen LogP contribution < -0.4 is 5.32 Å². The number of thioether (sulfide) groups is 1. The Bertz CT molecular complexity index is 143. The lowest BCUT2D eigenvalue weighted by Gasteiger charge is -2.21. The Kier molecular flexibility index (Phi) is 4.38. The van der Waals surface area contributed by atoms with Crippen LogP contribution in [0.25, 0.3) is 0 Å². The second-order valence-electron chi connectivity index (χ2n) is 3.23. The van der Waals surface area contributed by atoms with Gasteiger partial charge in [0.15, 0.2) is 0 Å². The van der Waals surface area contributed by atoms with E-state index >= 15 is 0 Å². The normalized spacial score (nSPS) is 24.7. The highest BCUT2D eigenvalue weighted by molar-refractivity contribution is 7.99. The monoisotopic (exact) mass is 213 g/mol. The molecule has 1 N–H and O–H groups in total. The van der Waals surface area contributed by atoms with Gasteiger partial charge in [-0.2, -0.15) is 24.9 Å². The zero-order valence-electron chi connectivity index (χ0n) is 7.36. The largest absolute Gasteiger partial charge is 0.401 e. The highest BCUT2D eigenvalue weighted by atomic mass is 32.2. The molecule has 0 spiro atoms. The first-order valence-electron chi connectivity index (χ1n) is 4.47. The third-order valence-corrected chi connectivity index (χ3v) is 3.37. The Hall–Kier alpha value is 0.100. The molecule has 1 rings (SSSR count). The second kappa shape index (κ2) is 5.10. The Morgan fingerprint density at radius 3 is 2.62 bits per heavy atom. The van der Waals surface area contributed by atoms with Crippen LogP contribution in [0.3, 0.4) is 0 Å². The van der Waals surface area contributed by atoms with Gasteiger partial charge in [-0.1, -0.05) is 6.42 Å². The van der Waals surface area contributed by atoms with Crippen LogP contribution in [0.5, 0.6) is 0 Å². The van der Waals surface area contributed by atoms with Gasteiger partial charge in [0, 0.05) is 11.8 Å². The minimum Gasteiger partial charge on any atom is -0.308 e. The average molecular weight is 213 g/mol.